The third-order valence-electron chi connectivity index (χ3n) is 4.11. The molecule has 2 aliphatic rings. The molecule has 1 heterocycles. The number of carbonyl (C=O) groups excluding carboxylic acids is 1. The van der Waals surface area contributed by atoms with Crippen LogP contribution in [-0.4, -0.2) is 35.5 Å². The lowest BCUT2D eigenvalue weighted by Crippen LogP contribution is -2.46. The fourth-order valence-electron chi connectivity index (χ4n) is 3.09. The summed E-state index contributed by atoms with van der Waals surface area (Å²) in [5.41, 5.74) is 0. The molecule has 1 saturated carbocycles. The maximum atomic E-state index is 12.5. The molecule has 0 amide bonds. The van der Waals surface area contributed by atoms with Crippen molar-refractivity contribution in [3.05, 3.63) is 24.3 Å². The van der Waals surface area contributed by atoms with E-state index in [2.05, 4.69) is 13.0 Å². The Morgan fingerprint density at radius 3 is 2.76 bits per heavy atom. The minimum atomic E-state index is -0.718. The van der Waals surface area contributed by atoms with Crippen LogP contribution < -0.4 is 0 Å². The number of ketones is 1. The van der Waals surface area contributed by atoms with Gasteiger partial charge in [-0.15, -0.1) is 0 Å². The zero-order chi connectivity index (χ0) is 15.5. The van der Waals surface area contributed by atoms with E-state index in [1.807, 2.05) is 32.1 Å². The predicted molar refractivity (Wildman–Crippen MR) is 80.7 cm³/mol. The first-order valence-electron chi connectivity index (χ1n) is 7.82. The first-order valence-corrected chi connectivity index (χ1v) is 7.82. The average molecular weight is 294 g/mol. The molecule has 118 valence electrons. The smallest absolute Gasteiger partial charge is 0.170 e. The molecule has 0 spiro atoms. The van der Waals surface area contributed by atoms with E-state index >= 15 is 0 Å². The molecule has 2 fully saturated rings. The van der Waals surface area contributed by atoms with Crippen LogP contribution in [-0.2, 0) is 14.3 Å². The van der Waals surface area contributed by atoms with Crippen LogP contribution in [0.2, 0.25) is 0 Å². The number of hydrogen-bond donors (Lipinski definition) is 1. The van der Waals surface area contributed by atoms with E-state index in [0.717, 1.165) is 12.8 Å². The molecule has 21 heavy (non-hydrogen) atoms. The minimum Gasteiger partial charge on any atom is -0.396 e. The predicted octanol–water partition coefficient (Wildman–Crippen LogP) is 2.62. The highest BCUT2D eigenvalue weighted by molar-refractivity contribution is 5.88. The Kier molecular flexibility index (Phi) is 5.36. The van der Waals surface area contributed by atoms with Crippen LogP contribution in [0.5, 0.6) is 0 Å². The highest BCUT2D eigenvalue weighted by Gasteiger charge is 2.52. The van der Waals surface area contributed by atoms with Gasteiger partial charge in [0.25, 0.3) is 0 Å². The third kappa shape index (κ3) is 3.82. The van der Waals surface area contributed by atoms with Crippen molar-refractivity contribution in [3.63, 3.8) is 0 Å². The van der Waals surface area contributed by atoms with Crippen molar-refractivity contribution in [1.29, 1.82) is 0 Å². The topological polar surface area (TPSA) is 55.8 Å². The van der Waals surface area contributed by atoms with Crippen molar-refractivity contribution in [2.45, 2.75) is 58.0 Å². The summed E-state index contributed by atoms with van der Waals surface area (Å²) < 4.78 is 11.5. The van der Waals surface area contributed by atoms with Crippen LogP contribution in [0.3, 0.4) is 0 Å². The fourth-order valence-corrected chi connectivity index (χ4v) is 3.09. The number of Topliss-reactive ketones (excluding diaryl/α,β-unsaturated/α-hetero) is 1. The van der Waals surface area contributed by atoms with Crippen LogP contribution in [0.25, 0.3) is 0 Å². The van der Waals surface area contributed by atoms with Crippen LogP contribution in [0, 0.1) is 11.8 Å². The SMILES string of the molecule is CCC/C=C/C=C/[C@H]1C[C@@H]2OC(C)(C)O[C@@H]2C(=O)[C@@H]1CO. The van der Waals surface area contributed by atoms with Crippen LogP contribution in [0.15, 0.2) is 24.3 Å². The Labute approximate surface area is 126 Å². The van der Waals surface area contributed by atoms with Gasteiger partial charge in [-0.3, -0.25) is 4.79 Å². The van der Waals surface area contributed by atoms with Crippen molar-refractivity contribution >= 4 is 5.78 Å². The van der Waals surface area contributed by atoms with Crippen LogP contribution in [0.4, 0.5) is 0 Å². The van der Waals surface area contributed by atoms with E-state index < -0.39 is 11.9 Å². The monoisotopic (exact) mass is 294 g/mol. The van der Waals surface area contributed by atoms with Gasteiger partial charge in [-0.25, -0.2) is 0 Å². The normalized spacial score (nSPS) is 35.7. The first kappa shape index (κ1) is 16.4. The molecular formula is C17H26O4. The molecule has 4 nitrogen and oxygen atoms in total. The standard InChI is InChI=1S/C17H26O4/c1-4-5-6-7-8-9-12-10-14-16(15(19)13(12)11-18)21-17(2,3)20-14/h6-9,12-14,16,18H,4-5,10-11H2,1-3H3/b7-6+,9-8+/t12-,13+,14-,16-/m0/s1. The average Bonchev–Trinajstić information content (AvgIpc) is 2.74. The molecule has 0 aromatic rings. The summed E-state index contributed by atoms with van der Waals surface area (Å²) in [5, 5.41) is 9.55. The molecule has 1 saturated heterocycles. The number of hydrogen-bond acceptors (Lipinski definition) is 4. The molecule has 4 atom stereocenters. The van der Waals surface area contributed by atoms with Crippen molar-refractivity contribution in [1.82, 2.24) is 0 Å². The Hall–Kier alpha value is -0.970. The molecule has 2 rings (SSSR count). The highest BCUT2D eigenvalue weighted by Crippen LogP contribution is 2.40. The van der Waals surface area contributed by atoms with E-state index in [0.29, 0.717) is 6.42 Å². The van der Waals surface area contributed by atoms with E-state index in [1.54, 1.807) is 0 Å². The van der Waals surface area contributed by atoms with E-state index in [4.69, 9.17) is 9.47 Å². The van der Waals surface area contributed by atoms with E-state index in [1.165, 1.54) is 0 Å². The van der Waals surface area contributed by atoms with Gasteiger partial charge in [0, 0.05) is 0 Å². The maximum Gasteiger partial charge on any atom is 0.170 e. The number of allylic oxidation sites excluding steroid dienone is 4. The van der Waals surface area contributed by atoms with Crippen molar-refractivity contribution in [3.8, 4) is 0 Å². The van der Waals surface area contributed by atoms with Gasteiger partial charge in [0.15, 0.2) is 11.6 Å². The molecular weight excluding hydrogens is 268 g/mol. The van der Waals surface area contributed by atoms with Gasteiger partial charge in [-0.05, 0) is 32.6 Å². The second-order valence-corrected chi connectivity index (χ2v) is 6.29. The molecule has 0 aromatic heterocycles. The largest absolute Gasteiger partial charge is 0.396 e. The lowest BCUT2D eigenvalue weighted by Gasteiger charge is -2.32. The third-order valence-corrected chi connectivity index (χ3v) is 4.11. The molecule has 4 heteroatoms. The fraction of sp³-hybridized carbons (Fsp3) is 0.706. The zero-order valence-electron chi connectivity index (χ0n) is 13.1. The van der Waals surface area contributed by atoms with Gasteiger partial charge in [-0.1, -0.05) is 37.6 Å². The second-order valence-electron chi connectivity index (χ2n) is 6.29. The molecule has 0 bridgehead atoms. The first-order chi connectivity index (χ1) is 9.98. The summed E-state index contributed by atoms with van der Waals surface area (Å²) in [5.74, 6) is -1.14. The summed E-state index contributed by atoms with van der Waals surface area (Å²) in [6.45, 7) is 5.64. The zero-order valence-corrected chi connectivity index (χ0v) is 13.1. The number of rotatable bonds is 5. The lowest BCUT2D eigenvalue weighted by molar-refractivity contribution is -0.155. The molecule has 0 aromatic carbocycles. The van der Waals surface area contributed by atoms with Gasteiger partial charge < -0.3 is 14.6 Å². The van der Waals surface area contributed by atoms with Crippen LogP contribution in [0.1, 0.15) is 40.0 Å². The summed E-state index contributed by atoms with van der Waals surface area (Å²) in [6, 6.07) is 0. The molecule has 0 unspecified atom stereocenters. The maximum absolute atomic E-state index is 12.5. The Bertz CT molecular complexity index is 425. The summed E-state index contributed by atoms with van der Waals surface area (Å²) >= 11 is 0. The van der Waals surface area contributed by atoms with Crippen molar-refractivity contribution < 1.29 is 19.4 Å². The van der Waals surface area contributed by atoms with Gasteiger partial charge in [-0.2, -0.15) is 0 Å². The molecule has 1 aliphatic heterocycles. The van der Waals surface area contributed by atoms with Gasteiger partial charge in [0.05, 0.1) is 18.6 Å². The second kappa shape index (κ2) is 6.86. The van der Waals surface area contributed by atoms with E-state index in [-0.39, 0.29) is 30.3 Å². The Morgan fingerprint density at radius 1 is 1.33 bits per heavy atom. The van der Waals surface area contributed by atoms with Gasteiger partial charge in [0.1, 0.15) is 6.10 Å². The number of unbranched alkanes of at least 4 members (excludes halogenated alkanes) is 1. The Balaban J connectivity index is 2.06. The Morgan fingerprint density at radius 2 is 2.10 bits per heavy atom. The summed E-state index contributed by atoms with van der Waals surface area (Å²) in [6.07, 6.45) is 10.2. The number of carbonyl (C=O) groups is 1. The highest BCUT2D eigenvalue weighted by atomic mass is 16.8. The molecule has 0 radical (unpaired) electrons. The minimum absolute atomic E-state index is 0.00697. The molecule has 1 aliphatic carbocycles. The number of aliphatic hydroxyl groups excluding tert-OH is 1. The summed E-state index contributed by atoms with van der Waals surface area (Å²) in [7, 11) is 0. The number of ether oxygens (including phenoxy) is 2. The van der Waals surface area contributed by atoms with Gasteiger partial charge >= 0.3 is 0 Å². The van der Waals surface area contributed by atoms with Crippen molar-refractivity contribution in [2.24, 2.45) is 11.8 Å². The number of fused-ring (bicyclic) bond motifs is 1. The quantitative estimate of drug-likeness (QED) is 0.792. The molecule has 1 N–H and O–H groups in total. The van der Waals surface area contributed by atoms with E-state index in [9.17, 15) is 9.90 Å². The number of aliphatic hydroxyl groups is 1. The summed E-state index contributed by atoms with van der Waals surface area (Å²) in [4.78, 5) is 12.5. The lowest BCUT2D eigenvalue weighted by atomic mass is 9.75. The van der Waals surface area contributed by atoms with Gasteiger partial charge in [0.2, 0.25) is 0 Å². The van der Waals surface area contributed by atoms with Crippen molar-refractivity contribution in [2.75, 3.05) is 6.61 Å². The van der Waals surface area contributed by atoms with Crippen LogP contribution >= 0.6 is 0 Å².